The highest BCUT2D eigenvalue weighted by Gasteiger charge is 2.14. The van der Waals surface area contributed by atoms with Crippen LogP contribution in [0.4, 0.5) is 11.4 Å². The zero-order valence-electron chi connectivity index (χ0n) is 14.1. The molecule has 0 atom stereocenters. The lowest BCUT2D eigenvalue weighted by molar-refractivity contribution is -0.385. The Morgan fingerprint density at radius 3 is 2.38 bits per heavy atom. The van der Waals surface area contributed by atoms with Gasteiger partial charge in [-0.05, 0) is 30.3 Å². The third-order valence-corrected chi connectivity index (χ3v) is 3.37. The Balaban J connectivity index is 1.99. The lowest BCUT2D eigenvalue weighted by atomic mass is 10.2. The summed E-state index contributed by atoms with van der Waals surface area (Å²) in [6, 6.07) is 10.2. The number of hydrogen-bond acceptors (Lipinski definition) is 6. The van der Waals surface area contributed by atoms with E-state index in [1.807, 2.05) is 0 Å². The van der Waals surface area contributed by atoms with Crippen LogP contribution in [0.5, 0.6) is 11.5 Å². The second-order valence-electron chi connectivity index (χ2n) is 5.09. The number of carbonyl (C=O) groups excluding carboxylic acids is 2. The van der Waals surface area contributed by atoms with E-state index in [-0.39, 0.29) is 29.7 Å². The Kier molecular flexibility index (Phi) is 6.10. The van der Waals surface area contributed by atoms with Gasteiger partial charge in [0.25, 0.3) is 17.5 Å². The van der Waals surface area contributed by atoms with Crippen molar-refractivity contribution in [1.29, 1.82) is 0 Å². The third kappa shape index (κ3) is 4.69. The van der Waals surface area contributed by atoms with Crippen LogP contribution in [-0.2, 0) is 4.79 Å². The van der Waals surface area contributed by atoms with Crippen LogP contribution in [0.1, 0.15) is 10.4 Å². The quantitative estimate of drug-likeness (QED) is 0.576. The van der Waals surface area contributed by atoms with E-state index in [1.165, 1.54) is 32.4 Å². The number of hydrogen-bond donors (Lipinski definition) is 2. The summed E-state index contributed by atoms with van der Waals surface area (Å²) < 4.78 is 10.4. The lowest BCUT2D eigenvalue weighted by Crippen LogP contribution is -2.21. The van der Waals surface area contributed by atoms with E-state index in [0.29, 0.717) is 11.3 Å². The Morgan fingerprint density at radius 2 is 1.81 bits per heavy atom. The molecule has 9 nitrogen and oxygen atoms in total. The van der Waals surface area contributed by atoms with Crippen LogP contribution in [0.15, 0.2) is 42.5 Å². The van der Waals surface area contributed by atoms with Crippen LogP contribution in [0.2, 0.25) is 0 Å². The molecule has 0 spiro atoms. The summed E-state index contributed by atoms with van der Waals surface area (Å²) >= 11 is 0. The number of benzene rings is 2. The topological polar surface area (TPSA) is 120 Å². The van der Waals surface area contributed by atoms with Crippen LogP contribution in [0, 0.1) is 10.1 Å². The van der Waals surface area contributed by atoms with Crippen molar-refractivity contribution >= 4 is 23.2 Å². The maximum atomic E-state index is 12.0. The number of nitro benzene ring substituents is 1. The van der Waals surface area contributed by atoms with Crippen molar-refractivity contribution in [3.63, 3.8) is 0 Å². The summed E-state index contributed by atoms with van der Waals surface area (Å²) in [5.74, 6) is -0.333. The molecule has 2 aromatic rings. The summed E-state index contributed by atoms with van der Waals surface area (Å²) in [6.45, 7) is -0.366. The molecule has 0 unspecified atom stereocenters. The molecular formula is C17H17N3O6. The van der Waals surface area contributed by atoms with E-state index < -0.39 is 10.8 Å². The van der Waals surface area contributed by atoms with Gasteiger partial charge in [-0.15, -0.1) is 0 Å². The van der Waals surface area contributed by atoms with Gasteiger partial charge in [-0.1, -0.05) is 0 Å². The van der Waals surface area contributed by atoms with Gasteiger partial charge in [0.15, 0.2) is 18.1 Å². The fraction of sp³-hybridized carbons (Fsp3) is 0.176. The molecule has 2 rings (SSSR count). The first-order valence-electron chi connectivity index (χ1n) is 7.52. The van der Waals surface area contributed by atoms with Gasteiger partial charge in [0.1, 0.15) is 0 Å². The van der Waals surface area contributed by atoms with E-state index in [2.05, 4.69) is 10.6 Å². The second-order valence-corrected chi connectivity index (χ2v) is 5.09. The Morgan fingerprint density at radius 1 is 1.12 bits per heavy atom. The minimum atomic E-state index is -0.569. The highest BCUT2D eigenvalue weighted by molar-refractivity contribution is 5.95. The minimum absolute atomic E-state index is 0.0896. The molecule has 0 aliphatic rings. The van der Waals surface area contributed by atoms with E-state index >= 15 is 0 Å². The minimum Gasteiger partial charge on any atom is -0.493 e. The number of nitrogens with one attached hydrogen (secondary N) is 2. The molecule has 0 heterocycles. The van der Waals surface area contributed by atoms with Crippen molar-refractivity contribution in [2.24, 2.45) is 0 Å². The fourth-order valence-electron chi connectivity index (χ4n) is 2.08. The van der Waals surface area contributed by atoms with Gasteiger partial charge in [-0.2, -0.15) is 0 Å². The SMILES string of the molecule is CNC(=O)c1ccc(NC(=O)COc2cc([N+](=O)[O-])ccc2OC)cc1. The zero-order chi connectivity index (χ0) is 19.1. The molecule has 0 radical (unpaired) electrons. The number of nitro groups is 1. The molecule has 0 aromatic heterocycles. The molecule has 0 saturated heterocycles. The predicted octanol–water partition coefficient (Wildman–Crippen LogP) is 1.98. The number of non-ortho nitro benzene ring substituents is 1. The average Bonchev–Trinajstić information content (AvgIpc) is 2.66. The van der Waals surface area contributed by atoms with Gasteiger partial charge in [0.05, 0.1) is 18.1 Å². The Labute approximate surface area is 149 Å². The Bertz CT molecular complexity index is 820. The van der Waals surface area contributed by atoms with Crippen LogP contribution >= 0.6 is 0 Å². The van der Waals surface area contributed by atoms with Crippen molar-refractivity contribution in [3.8, 4) is 11.5 Å². The number of ether oxygens (including phenoxy) is 2. The van der Waals surface area contributed by atoms with Crippen LogP contribution < -0.4 is 20.1 Å². The molecule has 136 valence electrons. The highest BCUT2D eigenvalue weighted by Crippen LogP contribution is 2.31. The Hall–Kier alpha value is -3.62. The number of anilines is 1. The molecular weight excluding hydrogens is 342 g/mol. The first kappa shape index (κ1) is 18.7. The maximum absolute atomic E-state index is 12.0. The van der Waals surface area contributed by atoms with Crippen LogP contribution in [0.25, 0.3) is 0 Å². The lowest BCUT2D eigenvalue weighted by Gasteiger charge is -2.11. The number of nitrogens with zero attached hydrogens (tertiary/aromatic N) is 1. The summed E-state index contributed by atoms with van der Waals surface area (Å²) in [5, 5.41) is 15.9. The van der Waals surface area contributed by atoms with E-state index in [1.54, 1.807) is 24.3 Å². The largest absolute Gasteiger partial charge is 0.493 e. The summed E-state index contributed by atoms with van der Waals surface area (Å²) in [6.07, 6.45) is 0. The number of amides is 2. The van der Waals surface area contributed by atoms with Gasteiger partial charge < -0.3 is 20.1 Å². The van der Waals surface area contributed by atoms with Crippen molar-refractivity contribution in [2.75, 3.05) is 26.1 Å². The molecule has 2 amide bonds. The van der Waals surface area contributed by atoms with Gasteiger partial charge in [-0.25, -0.2) is 0 Å². The van der Waals surface area contributed by atoms with Crippen molar-refractivity contribution in [2.45, 2.75) is 0 Å². The number of rotatable bonds is 7. The van der Waals surface area contributed by atoms with E-state index in [0.717, 1.165) is 0 Å². The average molecular weight is 359 g/mol. The molecule has 0 bridgehead atoms. The van der Waals surface area contributed by atoms with Crippen molar-refractivity contribution < 1.29 is 24.0 Å². The second kappa shape index (κ2) is 8.47. The third-order valence-electron chi connectivity index (χ3n) is 3.37. The summed E-state index contributed by atoms with van der Waals surface area (Å²) in [5.41, 5.74) is 0.770. The highest BCUT2D eigenvalue weighted by atomic mass is 16.6. The zero-order valence-corrected chi connectivity index (χ0v) is 14.1. The van der Waals surface area contributed by atoms with Crippen molar-refractivity contribution in [3.05, 3.63) is 58.1 Å². The first-order chi connectivity index (χ1) is 12.4. The molecule has 2 aromatic carbocycles. The molecule has 0 aliphatic heterocycles. The molecule has 26 heavy (non-hydrogen) atoms. The predicted molar refractivity (Wildman–Crippen MR) is 93.6 cm³/mol. The first-order valence-corrected chi connectivity index (χ1v) is 7.52. The summed E-state index contributed by atoms with van der Waals surface area (Å²) in [7, 11) is 2.92. The maximum Gasteiger partial charge on any atom is 0.273 e. The normalized spacial score (nSPS) is 9.92. The molecule has 0 aliphatic carbocycles. The number of methoxy groups -OCH3 is 1. The monoisotopic (exact) mass is 359 g/mol. The van der Waals surface area contributed by atoms with Crippen molar-refractivity contribution in [1.82, 2.24) is 5.32 Å². The molecule has 9 heteroatoms. The summed E-state index contributed by atoms with van der Waals surface area (Å²) in [4.78, 5) is 33.7. The van der Waals surface area contributed by atoms with Crippen LogP contribution in [-0.4, -0.2) is 37.5 Å². The van der Waals surface area contributed by atoms with Gasteiger partial charge in [0, 0.05) is 24.4 Å². The fourth-order valence-corrected chi connectivity index (χ4v) is 2.08. The molecule has 0 fully saturated rings. The number of carbonyl (C=O) groups is 2. The van der Waals surface area contributed by atoms with Gasteiger partial charge in [0.2, 0.25) is 0 Å². The van der Waals surface area contributed by atoms with Crippen LogP contribution in [0.3, 0.4) is 0 Å². The smallest absolute Gasteiger partial charge is 0.273 e. The van der Waals surface area contributed by atoms with E-state index in [4.69, 9.17) is 9.47 Å². The molecule has 0 saturated carbocycles. The van der Waals surface area contributed by atoms with E-state index in [9.17, 15) is 19.7 Å². The molecule has 2 N–H and O–H groups in total. The van der Waals surface area contributed by atoms with Gasteiger partial charge >= 0.3 is 0 Å². The standard InChI is InChI=1S/C17H17N3O6/c1-18-17(22)11-3-5-12(6-4-11)19-16(21)10-26-15-9-13(20(23)24)7-8-14(15)25-2/h3-9H,10H2,1-2H3,(H,18,22)(H,19,21). The van der Waals surface area contributed by atoms with Gasteiger partial charge in [-0.3, -0.25) is 19.7 Å².